The summed E-state index contributed by atoms with van der Waals surface area (Å²) >= 11 is 0. The van der Waals surface area contributed by atoms with E-state index in [1.807, 2.05) is 32.0 Å². The van der Waals surface area contributed by atoms with Gasteiger partial charge in [-0.05, 0) is 19.4 Å². The van der Waals surface area contributed by atoms with Crippen molar-refractivity contribution in [3.63, 3.8) is 0 Å². The minimum atomic E-state index is -3.09. The summed E-state index contributed by atoms with van der Waals surface area (Å²) in [6.45, 7) is 2.62. The predicted molar refractivity (Wildman–Crippen MR) is 68.6 cm³/mol. The molecule has 0 fully saturated rings. The SMILES string of the molecule is CC1(C)Cc2cccc(CNCC(F)(F)CO)c2O1. The predicted octanol–water partition coefficient (Wildman–Crippen LogP) is 2.12. The van der Waals surface area contributed by atoms with Gasteiger partial charge in [0.1, 0.15) is 18.0 Å². The van der Waals surface area contributed by atoms with Crippen molar-refractivity contribution in [2.24, 2.45) is 0 Å². The van der Waals surface area contributed by atoms with Crippen LogP contribution in [0.25, 0.3) is 0 Å². The van der Waals surface area contributed by atoms with Crippen LogP contribution in [0.2, 0.25) is 0 Å². The minimum Gasteiger partial charge on any atom is -0.487 e. The van der Waals surface area contributed by atoms with Crippen molar-refractivity contribution >= 4 is 0 Å². The molecule has 0 saturated carbocycles. The topological polar surface area (TPSA) is 41.5 Å². The maximum Gasteiger partial charge on any atom is 0.282 e. The Balaban J connectivity index is 2.02. The van der Waals surface area contributed by atoms with Gasteiger partial charge in [-0.15, -0.1) is 0 Å². The standard InChI is InChI=1S/C14H19F2NO2/c1-13(2)6-10-4-3-5-11(12(10)19-13)7-17-8-14(15,16)9-18/h3-5,17-18H,6-9H2,1-2H3. The van der Waals surface area contributed by atoms with E-state index in [4.69, 9.17) is 9.84 Å². The van der Waals surface area contributed by atoms with E-state index in [1.165, 1.54) is 0 Å². The van der Waals surface area contributed by atoms with Crippen molar-refractivity contribution < 1.29 is 18.6 Å². The summed E-state index contributed by atoms with van der Waals surface area (Å²) in [5.74, 6) is -2.29. The van der Waals surface area contributed by atoms with Gasteiger partial charge in [0.25, 0.3) is 5.92 Å². The second kappa shape index (κ2) is 5.06. The van der Waals surface area contributed by atoms with E-state index in [2.05, 4.69) is 5.32 Å². The third-order valence-electron chi connectivity index (χ3n) is 3.10. The van der Waals surface area contributed by atoms with E-state index in [0.717, 1.165) is 23.3 Å². The van der Waals surface area contributed by atoms with Crippen molar-refractivity contribution in [3.8, 4) is 5.75 Å². The first-order valence-electron chi connectivity index (χ1n) is 6.32. The Bertz CT molecular complexity index is 461. The van der Waals surface area contributed by atoms with Crippen LogP contribution >= 0.6 is 0 Å². The molecule has 0 aromatic heterocycles. The fourth-order valence-corrected chi connectivity index (χ4v) is 2.25. The molecule has 19 heavy (non-hydrogen) atoms. The molecule has 1 aromatic rings. The Morgan fingerprint density at radius 3 is 2.84 bits per heavy atom. The summed E-state index contributed by atoms with van der Waals surface area (Å²) in [5, 5.41) is 11.2. The highest BCUT2D eigenvalue weighted by Crippen LogP contribution is 2.37. The van der Waals surface area contributed by atoms with Crippen LogP contribution in [-0.2, 0) is 13.0 Å². The van der Waals surface area contributed by atoms with Gasteiger partial charge in [-0.25, -0.2) is 8.78 Å². The van der Waals surface area contributed by atoms with E-state index in [-0.39, 0.29) is 5.60 Å². The number of rotatable bonds is 5. The summed E-state index contributed by atoms with van der Waals surface area (Å²) in [6.07, 6.45) is 0.822. The summed E-state index contributed by atoms with van der Waals surface area (Å²) in [6, 6.07) is 5.77. The molecule has 0 radical (unpaired) electrons. The molecule has 1 aromatic carbocycles. The average molecular weight is 271 g/mol. The van der Waals surface area contributed by atoms with E-state index in [0.29, 0.717) is 6.54 Å². The van der Waals surface area contributed by atoms with Gasteiger partial charge < -0.3 is 15.2 Å². The number of aliphatic hydroxyl groups is 1. The van der Waals surface area contributed by atoms with Crippen LogP contribution in [-0.4, -0.2) is 29.8 Å². The summed E-state index contributed by atoms with van der Waals surface area (Å²) in [7, 11) is 0. The zero-order valence-electron chi connectivity index (χ0n) is 11.2. The van der Waals surface area contributed by atoms with Gasteiger partial charge in [-0.3, -0.25) is 0 Å². The first-order valence-corrected chi connectivity index (χ1v) is 6.32. The molecule has 106 valence electrons. The summed E-state index contributed by atoms with van der Waals surface area (Å²) in [5.41, 5.74) is 1.74. The Morgan fingerprint density at radius 1 is 1.42 bits per heavy atom. The largest absolute Gasteiger partial charge is 0.487 e. The Morgan fingerprint density at radius 2 is 2.16 bits per heavy atom. The molecular weight excluding hydrogens is 252 g/mol. The lowest BCUT2D eigenvalue weighted by Gasteiger charge is -2.19. The maximum absolute atomic E-state index is 12.9. The summed E-state index contributed by atoms with van der Waals surface area (Å²) < 4.78 is 31.7. The molecule has 0 aliphatic carbocycles. The number of aliphatic hydroxyl groups excluding tert-OH is 1. The van der Waals surface area contributed by atoms with Crippen molar-refractivity contribution in [1.82, 2.24) is 5.32 Å². The molecule has 5 heteroatoms. The number of fused-ring (bicyclic) bond motifs is 1. The highest BCUT2D eigenvalue weighted by Gasteiger charge is 2.32. The van der Waals surface area contributed by atoms with Gasteiger partial charge in [0.05, 0.1) is 6.54 Å². The zero-order chi connectivity index (χ0) is 14.1. The molecule has 2 N–H and O–H groups in total. The minimum absolute atomic E-state index is 0.243. The van der Waals surface area contributed by atoms with Crippen molar-refractivity contribution in [3.05, 3.63) is 29.3 Å². The smallest absolute Gasteiger partial charge is 0.282 e. The molecule has 1 aliphatic rings. The fraction of sp³-hybridized carbons (Fsp3) is 0.571. The third kappa shape index (κ3) is 3.42. The van der Waals surface area contributed by atoms with Crippen molar-refractivity contribution in [2.75, 3.05) is 13.2 Å². The van der Waals surface area contributed by atoms with Crippen LogP contribution in [0, 0.1) is 0 Å². The molecular formula is C14H19F2NO2. The number of hydrogen-bond donors (Lipinski definition) is 2. The number of ether oxygens (including phenoxy) is 1. The lowest BCUT2D eigenvalue weighted by molar-refractivity contribution is -0.0478. The lowest BCUT2D eigenvalue weighted by Crippen LogP contribution is -2.35. The van der Waals surface area contributed by atoms with Crippen molar-refractivity contribution in [1.29, 1.82) is 0 Å². The Kier molecular flexibility index (Phi) is 3.78. The van der Waals surface area contributed by atoms with Gasteiger partial charge in [0.2, 0.25) is 0 Å². The normalized spacial score (nSPS) is 17.1. The zero-order valence-corrected chi connectivity index (χ0v) is 11.2. The van der Waals surface area contributed by atoms with Gasteiger partial charge in [0, 0.05) is 18.5 Å². The van der Waals surface area contributed by atoms with E-state index < -0.39 is 19.1 Å². The third-order valence-corrected chi connectivity index (χ3v) is 3.10. The number of benzene rings is 1. The monoisotopic (exact) mass is 271 g/mol. The molecule has 0 saturated heterocycles. The van der Waals surface area contributed by atoms with E-state index in [9.17, 15) is 8.78 Å². The molecule has 3 nitrogen and oxygen atoms in total. The second-order valence-electron chi connectivity index (χ2n) is 5.56. The number of hydrogen-bond acceptors (Lipinski definition) is 3. The van der Waals surface area contributed by atoms with E-state index in [1.54, 1.807) is 0 Å². The van der Waals surface area contributed by atoms with E-state index >= 15 is 0 Å². The highest BCUT2D eigenvalue weighted by atomic mass is 19.3. The highest BCUT2D eigenvalue weighted by molar-refractivity contribution is 5.45. The molecule has 1 aliphatic heterocycles. The van der Waals surface area contributed by atoms with Crippen molar-refractivity contribution in [2.45, 2.75) is 38.3 Å². The van der Waals surface area contributed by atoms with Gasteiger partial charge >= 0.3 is 0 Å². The molecule has 2 rings (SSSR count). The quantitative estimate of drug-likeness (QED) is 0.862. The second-order valence-corrected chi connectivity index (χ2v) is 5.56. The molecule has 0 unspecified atom stereocenters. The fourth-order valence-electron chi connectivity index (χ4n) is 2.25. The molecule has 0 atom stereocenters. The molecule has 0 spiro atoms. The van der Waals surface area contributed by atoms with Crippen LogP contribution in [0.1, 0.15) is 25.0 Å². The van der Waals surface area contributed by atoms with Crippen LogP contribution in [0.3, 0.4) is 0 Å². The molecule has 0 bridgehead atoms. The molecule has 0 amide bonds. The maximum atomic E-state index is 12.9. The first kappa shape index (κ1) is 14.2. The number of halogens is 2. The van der Waals surface area contributed by atoms with Gasteiger partial charge in [-0.1, -0.05) is 18.2 Å². The number of para-hydroxylation sites is 1. The van der Waals surface area contributed by atoms with Crippen LogP contribution in [0.15, 0.2) is 18.2 Å². The number of alkyl halides is 2. The first-order chi connectivity index (χ1) is 8.83. The Labute approximate surface area is 111 Å². The average Bonchev–Trinajstić information content (AvgIpc) is 2.64. The van der Waals surface area contributed by atoms with Crippen LogP contribution < -0.4 is 10.1 Å². The lowest BCUT2D eigenvalue weighted by atomic mass is 10.0. The van der Waals surface area contributed by atoms with Gasteiger partial charge in [-0.2, -0.15) is 0 Å². The van der Waals surface area contributed by atoms with Crippen LogP contribution in [0.5, 0.6) is 5.75 Å². The van der Waals surface area contributed by atoms with Crippen LogP contribution in [0.4, 0.5) is 8.78 Å². The summed E-state index contributed by atoms with van der Waals surface area (Å²) in [4.78, 5) is 0. The number of nitrogens with one attached hydrogen (secondary N) is 1. The van der Waals surface area contributed by atoms with Gasteiger partial charge in [0.15, 0.2) is 0 Å². The molecule has 1 heterocycles. The Hall–Kier alpha value is -1.20.